The summed E-state index contributed by atoms with van der Waals surface area (Å²) in [5, 5.41) is 0.573. The van der Waals surface area contributed by atoms with Crippen LogP contribution in [0.25, 0.3) is 0 Å². The SMILES string of the molecule is O=P(O)(O)c1cccc(P(c2cccc(P(=O)(O)O)c2)c2cccc(P(=O)(O)O)c2)c1. The van der Waals surface area contributed by atoms with Gasteiger partial charge in [0.05, 0.1) is 15.9 Å². The third-order valence-electron chi connectivity index (χ3n) is 4.27. The molecule has 3 aromatic carbocycles. The molecule has 0 aromatic heterocycles. The number of rotatable bonds is 6. The van der Waals surface area contributed by atoms with Crippen LogP contribution in [-0.2, 0) is 13.7 Å². The first kappa shape index (κ1) is 24.2. The van der Waals surface area contributed by atoms with Crippen molar-refractivity contribution in [3.63, 3.8) is 0 Å². The molecule has 6 N–H and O–H groups in total. The Morgan fingerprint density at radius 2 is 0.742 bits per heavy atom. The van der Waals surface area contributed by atoms with E-state index in [2.05, 4.69) is 0 Å². The first-order valence-corrected chi connectivity index (χ1v) is 14.7. The minimum atomic E-state index is -4.58. The van der Waals surface area contributed by atoms with Gasteiger partial charge in [-0.1, -0.05) is 36.4 Å². The molecule has 0 unspecified atom stereocenters. The maximum Gasteiger partial charge on any atom is 0.356 e. The van der Waals surface area contributed by atoms with Crippen molar-refractivity contribution in [2.24, 2.45) is 0 Å². The Morgan fingerprint density at radius 3 is 0.968 bits per heavy atom. The van der Waals surface area contributed by atoms with Crippen LogP contribution in [0.15, 0.2) is 72.8 Å². The standard InChI is InChI=1S/C18H18O9P4/c19-29(20,21)16-7-1-4-13(10-16)28(14-5-2-8-17(11-14)30(22,23)24)15-6-3-9-18(12-15)31(25,26)27/h1-12H,(H2,19,20,21)(H2,22,23,24)(H2,25,26,27). The fraction of sp³-hybridized carbons (Fsp3) is 0. The van der Waals surface area contributed by atoms with Gasteiger partial charge in [0, 0.05) is 0 Å². The lowest BCUT2D eigenvalue weighted by Crippen LogP contribution is -2.26. The van der Waals surface area contributed by atoms with Crippen LogP contribution in [0, 0.1) is 0 Å². The number of benzene rings is 3. The maximum atomic E-state index is 11.7. The third-order valence-corrected chi connectivity index (χ3v) is 9.51. The highest BCUT2D eigenvalue weighted by Crippen LogP contribution is 2.39. The molecular weight excluding hydrogens is 484 g/mol. The van der Waals surface area contributed by atoms with Crippen LogP contribution in [-0.4, -0.2) is 29.4 Å². The van der Waals surface area contributed by atoms with Crippen LogP contribution in [0.3, 0.4) is 0 Å². The van der Waals surface area contributed by atoms with Crippen molar-refractivity contribution in [1.82, 2.24) is 0 Å². The topological polar surface area (TPSA) is 173 Å². The molecule has 3 rings (SSSR count). The molecular formula is C18H18O9P4. The second kappa shape index (κ2) is 8.82. The Morgan fingerprint density at radius 1 is 0.484 bits per heavy atom. The van der Waals surface area contributed by atoms with Gasteiger partial charge in [-0.25, -0.2) is 0 Å². The van der Waals surface area contributed by atoms with Crippen LogP contribution >= 0.6 is 30.7 Å². The molecule has 0 amide bonds. The minimum absolute atomic E-state index is 0.241. The van der Waals surface area contributed by atoms with Gasteiger partial charge in [-0.3, -0.25) is 13.7 Å². The minimum Gasteiger partial charge on any atom is -0.321 e. The lowest BCUT2D eigenvalue weighted by molar-refractivity contribution is 0.385. The summed E-state index contributed by atoms with van der Waals surface area (Å²) in [4.78, 5) is 57.3. The molecule has 0 spiro atoms. The van der Waals surface area contributed by atoms with Gasteiger partial charge in [-0.15, -0.1) is 0 Å². The molecule has 0 radical (unpaired) electrons. The van der Waals surface area contributed by atoms with Gasteiger partial charge in [0.15, 0.2) is 0 Å². The third kappa shape index (κ3) is 5.87. The zero-order valence-electron chi connectivity index (χ0n) is 15.6. The lowest BCUT2D eigenvalue weighted by Gasteiger charge is -2.22. The van der Waals surface area contributed by atoms with Gasteiger partial charge in [0.2, 0.25) is 0 Å². The molecule has 0 aliphatic rings. The molecule has 0 heterocycles. The number of hydrogen-bond acceptors (Lipinski definition) is 3. The lowest BCUT2D eigenvalue weighted by atomic mass is 10.3. The van der Waals surface area contributed by atoms with E-state index >= 15 is 0 Å². The summed E-state index contributed by atoms with van der Waals surface area (Å²) in [7, 11) is -15.4. The Balaban J connectivity index is 2.28. The highest BCUT2D eigenvalue weighted by molar-refractivity contribution is 7.80. The molecule has 0 bridgehead atoms. The first-order valence-electron chi connectivity index (χ1n) is 8.55. The average Bonchev–Trinajstić information content (AvgIpc) is 2.67. The molecule has 3 aromatic rings. The molecule has 13 heteroatoms. The summed E-state index contributed by atoms with van der Waals surface area (Å²) in [5.41, 5.74) is 0. The van der Waals surface area contributed by atoms with Crippen molar-refractivity contribution in [1.29, 1.82) is 0 Å². The van der Waals surface area contributed by atoms with Gasteiger partial charge in [0.1, 0.15) is 0 Å². The summed E-state index contributed by atoms with van der Waals surface area (Å²) < 4.78 is 35.2. The first-order chi connectivity index (χ1) is 14.3. The summed E-state index contributed by atoms with van der Waals surface area (Å²) in [6.07, 6.45) is 0. The molecule has 0 fully saturated rings. The molecule has 164 valence electrons. The van der Waals surface area contributed by atoms with Crippen LogP contribution in [0.1, 0.15) is 0 Å². The molecule has 9 nitrogen and oxygen atoms in total. The van der Waals surface area contributed by atoms with Gasteiger partial charge < -0.3 is 29.4 Å². The highest BCUT2D eigenvalue weighted by Gasteiger charge is 2.26. The Kier molecular flexibility index (Phi) is 6.88. The van der Waals surface area contributed by atoms with E-state index in [-0.39, 0.29) is 15.9 Å². The summed E-state index contributed by atoms with van der Waals surface area (Å²) in [5.74, 6) is 0. The van der Waals surface area contributed by atoms with Crippen molar-refractivity contribution in [2.45, 2.75) is 0 Å². The van der Waals surface area contributed by atoms with E-state index in [0.717, 1.165) is 0 Å². The van der Waals surface area contributed by atoms with Gasteiger partial charge >= 0.3 is 22.8 Å². The fourth-order valence-corrected chi connectivity index (χ4v) is 7.36. The molecule has 0 saturated carbocycles. The molecule has 0 saturated heterocycles. The molecule has 0 aliphatic carbocycles. The fourth-order valence-electron chi connectivity index (χ4n) is 2.89. The van der Waals surface area contributed by atoms with Gasteiger partial charge in [-0.2, -0.15) is 0 Å². The average molecular weight is 502 g/mol. The van der Waals surface area contributed by atoms with E-state index in [0.29, 0.717) is 15.9 Å². The zero-order chi connectivity index (χ0) is 23.0. The smallest absolute Gasteiger partial charge is 0.321 e. The summed E-state index contributed by atoms with van der Waals surface area (Å²) >= 11 is 0. The predicted octanol–water partition coefficient (Wildman–Crippen LogP) is -0.146. The van der Waals surface area contributed by atoms with Gasteiger partial charge in [-0.05, 0) is 60.2 Å². The quantitative estimate of drug-likeness (QED) is 0.251. The van der Waals surface area contributed by atoms with E-state index < -0.39 is 30.7 Å². The van der Waals surface area contributed by atoms with Crippen LogP contribution in [0.2, 0.25) is 0 Å². The maximum absolute atomic E-state index is 11.7. The van der Waals surface area contributed by atoms with E-state index in [1.165, 1.54) is 54.6 Å². The summed E-state index contributed by atoms with van der Waals surface area (Å²) in [6.45, 7) is 0. The van der Waals surface area contributed by atoms with Crippen LogP contribution in [0.5, 0.6) is 0 Å². The highest BCUT2D eigenvalue weighted by atomic mass is 31.2. The Bertz CT molecular complexity index is 1100. The molecule has 0 atom stereocenters. The molecule has 0 aliphatic heterocycles. The Hall–Kier alpha value is -1.46. The number of hydrogen-bond donors (Lipinski definition) is 6. The van der Waals surface area contributed by atoms with Crippen molar-refractivity contribution in [2.75, 3.05) is 0 Å². The van der Waals surface area contributed by atoms with E-state index in [1.54, 1.807) is 18.2 Å². The second-order valence-electron chi connectivity index (χ2n) is 6.53. The Labute approximate surface area is 178 Å². The normalized spacial score (nSPS) is 12.9. The second-order valence-corrected chi connectivity index (χ2v) is 13.6. The van der Waals surface area contributed by atoms with Crippen molar-refractivity contribution < 1.29 is 43.1 Å². The van der Waals surface area contributed by atoms with Crippen molar-refractivity contribution in [3.8, 4) is 0 Å². The predicted molar refractivity (Wildman–Crippen MR) is 120 cm³/mol. The van der Waals surface area contributed by atoms with Gasteiger partial charge in [0.25, 0.3) is 0 Å². The van der Waals surface area contributed by atoms with E-state index in [1.807, 2.05) is 0 Å². The zero-order valence-corrected chi connectivity index (χ0v) is 19.2. The van der Waals surface area contributed by atoms with Crippen molar-refractivity contribution >= 4 is 62.5 Å². The summed E-state index contributed by atoms with van der Waals surface area (Å²) in [6, 6.07) is 16.8. The molecule has 31 heavy (non-hydrogen) atoms. The van der Waals surface area contributed by atoms with E-state index in [4.69, 9.17) is 0 Å². The van der Waals surface area contributed by atoms with Crippen molar-refractivity contribution in [3.05, 3.63) is 72.8 Å². The van der Waals surface area contributed by atoms with Crippen LogP contribution < -0.4 is 31.8 Å². The van der Waals surface area contributed by atoms with Crippen LogP contribution in [0.4, 0.5) is 0 Å². The monoisotopic (exact) mass is 502 g/mol. The van der Waals surface area contributed by atoms with E-state index in [9.17, 15) is 43.1 Å². The largest absolute Gasteiger partial charge is 0.356 e.